The minimum absolute atomic E-state index is 0.0358. The average Bonchev–Trinajstić information content (AvgIpc) is 2.42. The zero-order valence-corrected chi connectivity index (χ0v) is 12.3. The molecule has 0 amide bonds. The van der Waals surface area contributed by atoms with E-state index in [4.69, 9.17) is 21.1 Å². The Balaban J connectivity index is 2.33. The van der Waals surface area contributed by atoms with E-state index >= 15 is 0 Å². The number of methoxy groups -OCH3 is 1. The van der Waals surface area contributed by atoms with E-state index in [1.165, 1.54) is 6.92 Å². The molecule has 0 aliphatic rings. The van der Waals surface area contributed by atoms with Crippen molar-refractivity contribution in [1.29, 1.82) is 0 Å². The number of ketones is 1. The van der Waals surface area contributed by atoms with Crippen LogP contribution in [0.4, 0.5) is 0 Å². The van der Waals surface area contributed by atoms with Crippen LogP contribution in [-0.2, 0) is 0 Å². The Kier molecular flexibility index (Phi) is 4.30. The number of rotatable bonds is 4. The predicted octanol–water partition coefficient (Wildman–Crippen LogP) is 4.65. The van der Waals surface area contributed by atoms with Crippen molar-refractivity contribution in [3.63, 3.8) is 0 Å². The molecule has 0 bridgehead atoms. The minimum Gasteiger partial charge on any atom is -0.493 e. The number of carbonyl (C=O) groups is 1. The normalized spacial score (nSPS) is 10.2. The third-order valence-electron chi connectivity index (χ3n) is 2.88. The Morgan fingerprint density at radius 1 is 1.05 bits per heavy atom. The van der Waals surface area contributed by atoms with Crippen LogP contribution in [0.15, 0.2) is 36.4 Å². The molecule has 2 aromatic carbocycles. The fourth-order valence-corrected chi connectivity index (χ4v) is 2.00. The van der Waals surface area contributed by atoms with Gasteiger partial charge >= 0.3 is 0 Å². The number of hydrogen-bond donors (Lipinski definition) is 0. The summed E-state index contributed by atoms with van der Waals surface area (Å²) in [6.07, 6.45) is 0. The molecule has 3 nitrogen and oxygen atoms in total. The average molecular weight is 291 g/mol. The molecule has 0 saturated heterocycles. The van der Waals surface area contributed by atoms with Gasteiger partial charge in [0.1, 0.15) is 5.75 Å². The minimum atomic E-state index is -0.0358. The van der Waals surface area contributed by atoms with Gasteiger partial charge in [0.2, 0.25) is 0 Å². The van der Waals surface area contributed by atoms with Crippen LogP contribution in [-0.4, -0.2) is 12.9 Å². The molecule has 0 aliphatic heterocycles. The molecular formula is C16H15ClO3. The van der Waals surface area contributed by atoms with Gasteiger partial charge < -0.3 is 9.47 Å². The Hall–Kier alpha value is -2.00. The van der Waals surface area contributed by atoms with Crippen LogP contribution in [0.5, 0.6) is 17.2 Å². The standard InChI is InChI=1S/C16H15ClO3/c1-10-4-6-15(16(8-10)19-3)20-14-7-5-12(11(2)18)9-13(14)17/h4-9H,1-3H3. The molecule has 2 aromatic rings. The zero-order chi connectivity index (χ0) is 14.7. The number of carbonyl (C=O) groups excluding carboxylic acids is 1. The van der Waals surface area contributed by atoms with Crippen LogP contribution in [0.2, 0.25) is 5.02 Å². The number of hydrogen-bond acceptors (Lipinski definition) is 3. The molecule has 0 aliphatic carbocycles. The fraction of sp³-hybridized carbons (Fsp3) is 0.188. The van der Waals surface area contributed by atoms with Gasteiger partial charge in [0.25, 0.3) is 0 Å². The van der Waals surface area contributed by atoms with Gasteiger partial charge in [-0.05, 0) is 49.7 Å². The smallest absolute Gasteiger partial charge is 0.169 e. The summed E-state index contributed by atoms with van der Waals surface area (Å²) in [7, 11) is 1.59. The van der Waals surface area contributed by atoms with Gasteiger partial charge in [-0.3, -0.25) is 4.79 Å². The summed E-state index contributed by atoms with van der Waals surface area (Å²) < 4.78 is 11.0. The highest BCUT2D eigenvalue weighted by Crippen LogP contribution is 2.35. The van der Waals surface area contributed by atoms with Crippen molar-refractivity contribution in [1.82, 2.24) is 0 Å². The van der Waals surface area contributed by atoms with Crippen molar-refractivity contribution in [3.05, 3.63) is 52.5 Å². The van der Waals surface area contributed by atoms with E-state index in [0.717, 1.165) is 5.56 Å². The summed E-state index contributed by atoms with van der Waals surface area (Å²) in [6, 6.07) is 10.6. The van der Waals surface area contributed by atoms with Gasteiger partial charge in [0.05, 0.1) is 12.1 Å². The number of halogens is 1. The summed E-state index contributed by atoms with van der Waals surface area (Å²) >= 11 is 6.13. The molecule has 0 spiro atoms. The SMILES string of the molecule is COc1cc(C)ccc1Oc1ccc(C(C)=O)cc1Cl. The molecule has 4 heteroatoms. The Morgan fingerprint density at radius 2 is 1.75 bits per heavy atom. The molecule has 2 rings (SSSR count). The van der Waals surface area contributed by atoms with E-state index in [9.17, 15) is 4.79 Å². The van der Waals surface area contributed by atoms with E-state index < -0.39 is 0 Å². The van der Waals surface area contributed by atoms with Gasteiger partial charge in [-0.25, -0.2) is 0 Å². The summed E-state index contributed by atoms with van der Waals surface area (Å²) in [5, 5.41) is 0.389. The largest absolute Gasteiger partial charge is 0.493 e. The highest BCUT2D eigenvalue weighted by atomic mass is 35.5. The molecule has 0 fully saturated rings. The summed E-state index contributed by atoms with van der Waals surface area (Å²) in [4.78, 5) is 11.3. The van der Waals surface area contributed by atoms with Crippen LogP contribution >= 0.6 is 11.6 Å². The van der Waals surface area contributed by atoms with Crippen LogP contribution < -0.4 is 9.47 Å². The predicted molar refractivity (Wildman–Crippen MR) is 79.3 cm³/mol. The van der Waals surface area contributed by atoms with Crippen molar-refractivity contribution in [2.45, 2.75) is 13.8 Å². The number of ether oxygens (including phenoxy) is 2. The van der Waals surface area contributed by atoms with Gasteiger partial charge in [-0.2, -0.15) is 0 Å². The lowest BCUT2D eigenvalue weighted by Crippen LogP contribution is -1.94. The van der Waals surface area contributed by atoms with E-state index in [1.54, 1.807) is 25.3 Å². The molecule has 104 valence electrons. The second kappa shape index (κ2) is 5.97. The topological polar surface area (TPSA) is 35.5 Å². The van der Waals surface area contributed by atoms with Crippen LogP contribution in [0.1, 0.15) is 22.8 Å². The van der Waals surface area contributed by atoms with Crippen LogP contribution in [0.3, 0.4) is 0 Å². The summed E-state index contributed by atoms with van der Waals surface area (Å²) in [5.74, 6) is 1.66. The molecule has 0 N–H and O–H groups in total. The highest BCUT2D eigenvalue weighted by molar-refractivity contribution is 6.32. The lowest BCUT2D eigenvalue weighted by Gasteiger charge is -2.12. The zero-order valence-electron chi connectivity index (χ0n) is 11.6. The fourth-order valence-electron chi connectivity index (χ4n) is 1.78. The van der Waals surface area contributed by atoms with Crippen molar-refractivity contribution in [3.8, 4) is 17.2 Å². The quantitative estimate of drug-likeness (QED) is 0.769. The molecule has 20 heavy (non-hydrogen) atoms. The van der Waals surface area contributed by atoms with E-state index in [0.29, 0.717) is 27.8 Å². The van der Waals surface area contributed by atoms with Gasteiger partial charge in [0.15, 0.2) is 17.3 Å². The van der Waals surface area contributed by atoms with E-state index in [-0.39, 0.29) is 5.78 Å². The second-order valence-electron chi connectivity index (χ2n) is 4.46. The number of aryl methyl sites for hydroxylation is 1. The lowest BCUT2D eigenvalue weighted by molar-refractivity contribution is 0.101. The van der Waals surface area contributed by atoms with Crippen molar-refractivity contribution >= 4 is 17.4 Å². The second-order valence-corrected chi connectivity index (χ2v) is 4.86. The van der Waals surface area contributed by atoms with Gasteiger partial charge in [-0.1, -0.05) is 17.7 Å². The number of Topliss-reactive ketones (excluding diaryl/α,β-unsaturated/α-hetero) is 1. The first-order chi connectivity index (χ1) is 9.51. The van der Waals surface area contributed by atoms with Crippen LogP contribution in [0.25, 0.3) is 0 Å². The third kappa shape index (κ3) is 3.11. The van der Waals surface area contributed by atoms with Crippen LogP contribution in [0, 0.1) is 6.92 Å². The molecule has 0 saturated carbocycles. The lowest BCUT2D eigenvalue weighted by atomic mass is 10.1. The molecule has 0 aromatic heterocycles. The first kappa shape index (κ1) is 14.4. The third-order valence-corrected chi connectivity index (χ3v) is 3.17. The Bertz CT molecular complexity index is 650. The maximum absolute atomic E-state index is 11.3. The summed E-state index contributed by atoms with van der Waals surface area (Å²) in [6.45, 7) is 3.47. The molecule has 0 unspecified atom stereocenters. The van der Waals surface area contributed by atoms with E-state index in [2.05, 4.69) is 0 Å². The number of benzene rings is 2. The maximum Gasteiger partial charge on any atom is 0.169 e. The first-order valence-corrected chi connectivity index (χ1v) is 6.52. The first-order valence-electron chi connectivity index (χ1n) is 6.14. The molecule has 0 atom stereocenters. The monoisotopic (exact) mass is 290 g/mol. The van der Waals surface area contributed by atoms with Crippen molar-refractivity contribution in [2.24, 2.45) is 0 Å². The summed E-state index contributed by atoms with van der Waals surface area (Å²) in [5.41, 5.74) is 1.63. The maximum atomic E-state index is 11.3. The highest BCUT2D eigenvalue weighted by Gasteiger charge is 2.10. The van der Waals surface area contributed by atoms with Crippen molar-refractivity contribution in [2.75, 3.05) is 7.11 Å². The Labute approximate surface area is 123 Å². The van der Waals surface area contributed by atoms with Gasteiger partial charge in [0, 0.05) is 5.56 Å². The van der Waals surface area contributed by atoms with Gasteiger partial charge in [-0.15, -0.1) is 0 Å². The van der Waals surface area contributed by atoms with Crippen molar-refractivity contribution < 1.29 is 14.3 Å². The Morgan fingerprint density at radius 3 is 2.35 bits per heavy atom. The van der Waals surface area contributed by atoms with E-state index in [1.807, 2.05) is 25.1 Å². The molecule has 0 radical (unpaired) electrons. The molecular weight excluding hydrogens is 276 g/mol. The molecule has 0 heterocycles.